The molecule has 1 N–H and O–H groups in total. The van der Waals surface area contributed by atoms with Crippen molar-refractivity contribution >= 4 is 11.8 Å². The van der Waals surface area contributed by atoms with E-state index in [4.69, 9.17) is 0 Å². The summed E-state index contributed by atoms with van der Waals surface area (Å²) in [7, 11) is 0. The summed E-state index contributed by atoms with van der Waals surface area (Å²) in [6.45, 7) is 4.84. The molecule has 1 unspecified atom stereocenters. The first kappa shape index (κ1) is 17.1. The number of nitrogens with one attached hydrogen (secondary N) is 1. The molecule has 0 radical (unpaired) electrons. The van der Waals surface area contributed by atoms with E-state index in [-0.39, 0.29) is 24.4 Å². The highest BCUT2D eigenvalue weighted by molar-refractivity contribution is 5.86. The summed E-state index contributed by atoms with van der Waals surface area (Å²) in [6.07, 6.45) is 4.85. The van der Waals surface area contributed by atoms with Gasteiger partial charge in [-0.05, 0) is 43.0 Å². The molecule has 1 aromatic heterocycles. The van der Waals surface area contributed by atoms with Gasteiger partial charge >= 0.3 is 0 Å². The van der Waals surface area contributed by atoms with Crippen molar-refractivity contribution in [2.45, 2.75) is 32.7 Å². The fraction of sp³-hybridized carbons (Fsp3) is 0.350. The molecular weight excluding hydrogens is 314 g/mol. The standard InChI is InChI=1S/C20H23N3O2/c1-14-7-8-15(2)17(11-14)20(16-5-3-9-21-12-16)22-18(24)13-23-10-4-6-19(23)25/h3,5,7-9,11-12,20H,4,6,10,13H2,1-2H3,(H,22,24). The molecule has 1 fully saturated rings. The number of likely N-dealkylation sites (tertiary alicyclic amines) is 1. The third-order valence-corrected chi connectivity index (χ3v) is 4.57. The van der Waals surface area contributed by atoms with E-state index in [1.54, 1.807) is 17.3 Å². The van der Waals surface area contributed by atoms with E-state index < -0.39 is 0 Å². The van der Waals surface area contributed by atoms with Crippen LogP contribution in [0.2, 0.25) is 0 Å². The van der Waals surface area contributed by atoms with Crippen molar-refractivity contribution in [3.05, 3.63) is 65.0 Å². The number of aromatic nitrogens is 1. The van der Waals surface area contributed by atoms with Gasteiger partial charge in [0.1, 0.15) is 0 Å². The fourth-order valence-corrected chi connectivity index (χ4v) is 3.21. The number of rotatable bonds is 5. The van der Waals surface area contributed by atoms with Crippen molar-refractivity contribution in [1.29, 1.82) is 0 Å². The van der Waals surface area contributed by atoms with E-state index in [2.05, 4.69) is 28.5 Å². The third kappa shape index (κ3) is 4.05. The summed E-state index contributed by atoms with van der Waals surface area (Å²) in [5, 5.41) is 3.09. The molecule has 25 heavy (non-hydrogen) atoms. The lowest BCUT2D eigenvalue weighted by atomic mass is 9.94. The maximum Gasteiger partial charge on any atom is 0.240 e. The van der Waals surface area contributed by atoms with Crippen LogP contribution in [0.3, 0.4) is 0 Å². The second kappa shape index (κ2) is 7.47. The van der Waals surface area contributed by atoms with Crippen LogP contribution in [0, 0.1) is 13.8 Å². The number of amides is 2. The van der Waals surface area contributed by atoms with Crippen LogP contribution in [0.1, 0.15) is 41.1 Å². The van der Waals surface area contributed by atoms with Gasteiger partial charge in [-0.2, -0.15) is 0 Å². The summed E-state index contributed by atoms with van der Waals surface area (Å²) >= 11 is 0. The van der Waals surface area contributed by atoms with Gasteiger partial charge in [-0.15, -0.1) is 0 Å². The van der Waals surface area contributed by atoms with Crippen LogP contribution in [-0.2, 0) is 9.59 Å². The largest absolute Gasteiger partial charge is 0.344 e. The van der Waals surface area contributed by atoms with E-state index in [9.17, 15) is 9.59 Å². The Hall–Kier alpha value is -2.69. The Bertz CT molecular complexity index is 774. The lowest BCUT2D eigenvalue weighted by Crippen LogP contribution is -2.39. The summed E-state index contributed by atoms with van der Waals surface area (Å²) in [5.74, 6) is -0.0928. The van der Waals surface area contributed by atoms with Gasteiger partial charge in [-0.1, -0.05) is 29.8 Å². The molecule has 2 amide bonds. The molecule has 1 aromatic carbocycles. The van der Waals surface area contributed by atoms with Crippen molar-refractivity contribution < 1.29 is 9.59 Å². The second-order valence-corrected chi connectivity index (χ2v) is 6.57. The Morgan fingerprint density at radius 2 is 2.16 bits per heavy atom. The zero-order chi connectivity index (χ0) is 17.8. The molecule has 2 heterocycles. The average Bonchev–Trinajstić information content (AvgIpc) is 3.01. The minimum atomic E-state index is -0.279. The van der Waals surface area contributed by atoms with Crippen molar-refractivity contribution in [1.82, 2.24) is 15.2 Å². The van der Waals surface area contributed by atoms with Gasteiger partial charge in [0.05, 0.1) is 12.6 Å². The molecule has 3 rings (SSSR count). The maximum atomic E-state index is 12.6. The van der Waals surface area contributed by atoms with Crippen LogP contribution in [-0.4, -0.2) is 34.8 Å². The minimum Gasteiger partial charge on any atom is -0.344 e. The van der Waals surface area contributed by atoms with Gasteiger partial charge < -0.3 is 10.2 Å². The number of aryl methyl sites for hydroxylation is 2. The van der Waals surface area contributed by atoms with Crippen molar-refractivity contribution in [3.8, 4) is 0 Å². The SMILES string of the molecule is Cc1ccc(C)c(C(NC(=O)CN2CCCC2=O)c2cccnc2)c1. The molecular formula is C20H23N3O2. The first-order valence-electron chi connectivity index (χ1n) is 8.59. The van der Waals surface area contributed by atoms with Crippen LogP contribution in [0.15, 0.2) is 42.7 Å². The average molecular weight is 337 g/mol. The zero-order valence-corrected chi connectivity index (χ0v) is 14.7. The Morgan fingerprint density at radius 3 is 2.84 bits per heavy atom. The summed E-state index contributed by atoms with van der Waals surface area (Å²) in [6, 6.07) is 9.76. The lowest BCUT2D eigenvalue weighted by molar-refractivity contribution is -0.133. The minimum absolute atomic E-state index is 0.0554. The molecule has 0 aliphatic carbocycles. The molecule has 0 spiro atoms. The van der Waals surface area contributed by atoms with Crippen molar-refractivity contribution in [2.75, 3.05) is 13.1 Å². The van der Waals surface area contributed by atoms with Crippen molar-refractivity contribution in [3.63, 3.8) is 0 Å². The molecule has 1 atom stereocenters. The quantitative estimate of drug-likeness (QED) is 0.912. The Labute approximate surface area is 148 Å². The van der Waals surface area contributed by atoms with Gasteiger partial charge in [-0.3, -0.25) is 14.6 Å². The molecule has 0 saturated carbocycles. The number of benzene rings is 1. The number of pyridine rings is 1. The third-order valence-electron chi connectivity index (χ3n) is 4.57. The zero-order valence-electron chi connectivity index (χ0n) is 14.7. The fourth-order valence-electron chi connectivity index (χ4n) is 3.21. The maximum absolute atomic E-state index is 12.6. The molecule has 1 aliphatic rings. The van der Waals surface area contributed by atoms with Crippen LogP contribution in [0.25, 0.3) is 0 Å². The number of nitrogens with zero attached hydrogens (tertiary/aromatic N) is 2. The molecule has 5 heteroatoms. The summed E-state index contributed by atoms with van der Waals surface area (Å²) in [5.41, 5.74) is 4.22. The van der Waals surface area contributed by atoms with E-state index in [1.807, 2.05) is 26.0 Å². The van der Waals surface area contributed by atoms with Crippen LogP contribution in [0.4, 0.5) is 0 Å². The van der Waals surface area contributed by atoms with Crippen molar-refractivity contribution in [2.24, 2.45) is 0 Å². The van der Waals surface area contributed by atoms with Crippen LogP contribution >= 0.6 is 0 Å². The number of hydrogen-bond acceptors (Lipinski definition) is 3. The predicted molar refractivity (Wildman–Crippen MR) is 96.0 cm³/mol. The van der Waals surface area contributed by atoms with Gasteiger partial charge in [0.2, 0.25) is 11.8 Å². The van der Waals surface area contributed by atoms with Crippen LogP contribution in [0.5, 0.6) is 0 Å². The Kier molecular flexibility index (Phi) is 5.12. The molecule has 1 aliphatic heterocycles. The molecule has 130 valence electrons. The monoisotopic (exact) mass is 337 g/mol. The molecule has 2 aromatic rings. The molecule has 1 saturated heterocycles. The first-order valence-corrected chi connectivity index (χ1v) is 8.59. The highest BCUT2D eigenvalue weighted by Crippen LogP contribution is 2.25. The topological polar surface area (TPSA) is 62.3 Å². The van der Waals surface area contributed by atoms with Crippen LogP contribution < -0.4 is 5.32 Å². The number of hydrogen-bond donors (Lipinski definition) is 1. The van der Waals surface area contributed by atoms with E-state index in [1.165, 1.54) is 0 Å². The van der Waals surface area contributed by atoms with E-state index in [0.29, 0.717) is 13.0 Å². The number of carbonyl (C=O) groups excluding carboxylic acids is 2. The number of carbonyl (C=O) groups is 2. The molecule has 0 bridgehead atoms. The van der Waals surface area contributed by atoms with Gasteiger partial charge in [0, 0.05) is 25.4 Å². The lowest BCUT2D eigenvalue weighted by Gasteiger charge is -2.23. The normalized spacial score (nSPS) is 15.3. The highest BCUT2D eigenvalue weighted by Gasteiger charge is 2.25. The molecule has 5 nitrogen and oxygen atoms in total. The van der Waals surface area contributed by atoms with E-state index >= 15 is 0 Å². The van der Waals surface area contributed by atoms with Gasteiger partial charge in [0.15, 0.2) is 0 Å². The smallest absolute Gasteiger partial charge is 0.240 e. The van der Waals surface area contributed by atoms with E-state index in [0.717, 1.165) is 28.7 Å². The Balaban J connectivity index is 1.85. The highest BCUT2D eigenvalue weighted by atomic mass is 16.2. The summed E-state index contributed by atoms with van der Waals surface area (Å²) < 4.78 is 0. The van der Waals surface area contributed by atoms with Gasteiger partial charge in [0.25, 0.3) is 0 Å². The summed E-state index contributed by atoms with van der Waals surface area (Å²) in [4.78, 5) is 30.2. The first-order chi connectivity index (χ1) is 12.0. The Morgan fingerprint density at radius 1 is 1.32 bits per heavy atom. The second-order valence-electron chi connectivity index (χ2n) is 6.57. The predicted octanol–water partition coefficient (Wildman–Crippen LogP) is 2.53. The van der Waals surface area contributed by atoms with Gasteiger partial charge in [-0.25, -0.2) is 0 Å².